The molecule has 2 aliphatic rings. The molecule has 3 aromatic rings. The average molecular weight is 407 g/mol. The van der Waals surface area contributed by atoms with Crippen molar-refractivity contribution in [3.63, 3.8) is 0 Å². The van der Waals surface area contributed by atoms with Gasteiger partial charge in [0, 0.05) is 18.7 Å². The van der Waals surface area contributed by atoms with E-state index in [4.69, 9.17) is 18.6 Å². The Kier molecular flexibility index (Phi) is 4.96. The number of ether oxygens (including phenoxy) is 3. The molecule has 2 aliphatic heterocycles. The summed E-state index contributed by atoms with van der Waals surface area (Å²) in [5.41, 5.74) is 0.776. The molecule has 154 valence electrons. The van der Waals surface area contributed by atoms with Gasteiger partial charge in [-0.2, -0.15) is 0 Å². The lowest BCUT2D eigenvalue weighted by atomic mass is 9.98. The first-order valence-corrected chi connectivity index (χ1v) is 9.95. The van der Waals surface area contributed by atoms with E-state index in [0.29, 0.717) is 42.1 Å². The zero-order valence-electron chi connectivity index (χ0n) is 16.3. The van der Waals surface area contributed by atoms with Gasteiger partial charge in [0.2, 0.25) is 18.6 Å². The Morgan fingerprint density at radius 1 is 1.10 bits per heavy atom. The monoisotopic (exact) mass is 407 g/mol. The Morgan fingerprint density at radius 2 is 1.97 bits per heavy atom. The normalized spacial score (nSPS) is 17.7. The molecule has 1 saturated heterocycles. The predicted molar refractivity (Wildman–Crippen MR) is 106 cm³/mol. The van der Waals surface area contributed by atoms with Gasteiger partial charge in [-0.15, -0.1) is 10.2 Å². The minimum absolute atomic E-state index is 0.00897. The van der Waals surface area contributed by atoms with E-state index in [-0.39, 0.29) is 25.2 Å². The topological polar surface area (TPSA) is 86.9 Å². The number of hydrogen-bond donors (Lipinski definition) is 0. The Morgan fingerprint density at radius 3 is 2.87 bits per heavy atom. The zero-order chi connectivity index (χ0) is 20.3. The fourth-order valence-electron chi connectivity index (χ4n) is 3.70. The molecule has 30 heavy (non-hydrogen) atoms. The van der Waals surface area contributed by atoms with Gasteiger partial charge in [-0.05, 0) is 43.2 Å². The highest BCUT2D eigenvalue weighted by Gasteiger charge is 2.29. The number of aromatic nitrogens is 2. The van der Waals surface area contributed by atoms with E-state index in [1.807, 2.05) is 53.4 Å². The van der Waals surface area contributed by atoms with E-state index in [9.17, 15) is 4.79 Å². The summed E-state index contributed by atoms with van der Waals surface area (Å²) in [7, 11) is 0. The van der Waals surface area contributed by atoms with Crippen molar-refractivity contribution in [3.05, 3.63) is 54.4 Å². The fourth-order valence-corrected chi connectivity index (χ4v) is 3.70. The lowest BCUT2D eigenvalue weighted by Gasteiger charge is -2.31. The standard InChI is InChI=1S/C22H21N3O5/c26-20(13-27-17-6-2-1-3-7-17)25-10-4-5-16(12-25)22-24-23-21(30-22)15-8-9-18-19(11-15)29-14-28-18/h1-3,6-9,11,16H,4-5,10,12-14H2/t16-/m0/s1. The smallest absolute Gasteiger partial charge is 0.260 e. The Hall–Kier alpha value is -3.55. The van der Waals surface area contributed by atoms with Crippen LogP contribution in [0.1, 0.15) is 24.7 Å². The summed E-state index contributed by atoms with van der Waals surface area (Å²) < 4.78 is 22.3. The molecule has 0 N–H and O–H groups in total. The Labute approximate surface area is 173 Å². The molecule has 0 radical (unpaired) electrons. The van der Waals surface area contributed by atoms with Crippen LogP contribution in [-0.4, -0.2) is 47.5 Å². The van der Waals surface area contributed by atoms with Crippen LogP contribution in [0.5, 0.6) is 17.2 Å². The molecule has 3 heterocycles. The van der Waals surface area contributed by atoms with Crippen molar-refractivity contribution >= 4 is 5.91 Å². The number of carbonyl (C=O) groups is 1. The maximum atomic E-state index is 12.6. The highest BCUT2D eigenvalue weighted by atomic mass is 16.7. The molecular weight excluding hydrogens is 386 g/mol. The first kappa shape index (κ1) is 18.5. The van der Waals surface area contributed by atoms with Crippen molar-refractivity contribution in [1.29, 1.82) is 0 Å². The third kappa shape index (κ3) is 3.80. The summed E-state index contributed by atoms with van der Waals surface area (Å²) in [6.07, 6.45) is 1.77. The summed E-state index contributed by atoms with van der Waals surface area (Å²) in [6.45, 7) is 1.48. The van der Waals surface area contributed by atoms with Crippen molar-refractivity contribution in [2.24, 2.45) is 0 Å². The van der Waals surface area contributed by atoms with Crippen LogP contribution in [0.3, 0.4) is 0 Å². The molecule has 1 amide bonds. The van der Waals surface area contributed by atoms with Gasteiger partial charge in [-0.25, -0.2) is 0 Å². The molecule has 1 fully saturated rings. The molecule has 8 nitrogen and oxygen atoms in total. The van der Waals surface area contributed by atoms with Crippen molar-refractivity contribution in [1.82, 2.24) is 15.1 Å². The Balaban J connectivity index is 1.23. The minimum Gasteiger partial charge on any atom is -0.484 e. The number of fused-ring (bicyclic) bond motifs is 1. The van der Waals surface area contributed by atoms with Crippen LogP contribution in [0.15, 0.2) is 52.9 Å². The average Bonchev–Trinajstić information content (AvgIpc) is 3.47. The van der Waals surface area contributed by atoms with Gasteiger partial charge < -0.3 is 23.5 Å². The molecule has 1 atom stereocenters. The van der Waals surface area contributed by atoms with Crippen LogP contribution in [0.25, 0.3) is 11.5 Å². The number of rotatable bonds is 5. The van der Waals surface area contributed by atoms with Gasteiger partial charge in [0.05, 0.1) is 5.92 Å². The maximum absolute atomic E-state index is 12.6. The number of piperidine rings is 1. The highest BCUT2D eigenvalue weighted by molar-refractivity contribution is 5.78. The minimum atomic E-state index is -0.0425. The molecule has 0 unspecified atom stereocenters. The molecule has 0 bridgehead atoms. The van der Waals surface area contributed by atoms with Gasteiger partial charge in [0.1, 0.15) is 5.75 Å². The van der Waals surface area contributed by atoms with Gasteiger partial charge in [0.25, 0.3) is 5.91 Å². The second kappa shape index (κ2) is 8.06. The molecule has 0 spiro atoms. The fraction of sp³-hybridized carbons (Fsp3) is 0.318. The van der Waals surface area contributed by atoms with E-state index >= 15 is 0 Å². The van der Waals surface area contributed by atoms with E-state index < -0.39 is 0 Å². The van der Waals surface area contributed by atoms with Crippen molar-refractivity contribution < 1.29 is 23.4 Å². The lowest BCUT2D eigenvalue weighted by Crippen LogP contribution is -2.41. The van der Waals surface area contributed by atoms with Crippen molar-refractivity contribution in [3.8, 4) is 28.7 Å². The molecule has 2 aromatic carbocycles. The summed E-state index contributed by atoms with van der Waals surface area (Å²) >= 11 is 0. The summed E-state index contributed by atoms with van der Waals surface area (Å²) in [5, 5.41) is 8.43. The first-order chi connectivity index (χ1) is 14.8. The number of para-hydroxylation sites is 1. The zero-order valence-corrected chi connectivity index (χ0v) is 16.3. The number of carbonyl (C=O) groups excluding carboxylic acids is 1. The number of nitrogens with zero attached hydrogens (tertiary/aromatic N) is 3. The Bertz CT molecular complexity index is 1040. The van der Waals surface area contributed by atoms with Crippen LogP contribution >= 0.6 is 0 Å². The second-order valence-electron chi connectivity index (χ2n) is 7.29. The van der Waals surface area contributed by atoms with Gasteiger partial charge >= 0.3 is 0 Å². The second-order valence-corrected chi connectivity index (χ2v) is 7.29. The lowest BCUT2D eigenvalue weighted by molar-refractivity contribution is -0.134. The van der Waals surface area contributed by atoms with E-state index in [1.54, 1.807) is 0 Å². The van der Waals surface area contributed by atoms with Crippen LogP contribution in [-0.2, 0) is 4.79 Å². The molecule has 0 aliphatic carbocycles. The molecule has 5 rings (SSSR count). The van der Waals surface area contributed by atoms with Gasteiger partial charge in [0.15, 0.2) is 18.1 Å². The SMILES string of the molecule is O=C(COc1ccccc1)N1CCC[C@H](c2nnc(-c3ccc4c(c3)OCO4)o2)C1. The van der Waals surface area contributed by atoms with Crippen LogP contribution in [0, 0.1) is 0 Å². The van der Waals surface area contributed by atoms with Crippen LogP contribution in [0.2, 0.25) is 0 Å². The predicted octanol–water partition coefficient (Wildman–Crippen LogP) is 3.25. The largest absolute Gasteiger partial charge is 0.484 e. The van der Waals surface area contributed by atoms with Crippen LogP contribution in [0.4, 0.5) is 0 Å². The quantitative estimate of drug-likeness (QED) is 0.642. The first-order valence-electron chi connectivity index (χ1n) is 9.95. The third-order valence-electron chi connectivity index (χ3n) is 5.29. The van der Waals surface area contributed by atoms with Gasteiger partial charge in [-0.1, -0.05) is 18.2 Å². The molecule has 1 aromatic heterocycles. The number of likely N-dealkylation sites (tertiary alicyclic amines) is 1. The van der Waals surface area contributed by atoms with Crippen molar-refractivity contribution in [2.75, 3.05) is 26.5 Å². The molecular formula is C22H21N3O5. The number of hydrogen-bond acceptors (Lipinski definition) is 7. The molecule has 0 saturated carbocycles. The van der Waals surface area contributed by atoms with E-state index in [0.717, 1.165) is 18.4 Å². The van der Waals surface area contributed by atoms with E-state index in [2.05, 4.69) is 10.2 Å². The summed E-state index contributed by atoms with van der Waals surface area (Å²) in [4.78, 5) is 14.4. The van der Waals surface area contributed by atoms with Crippen molar-refractivity contribution in [2.45, 2.75) is 18.8 Å². The summed E-state index contributed by atoms with van der Waals surface area (Å²) in [5.74, 6) is 3.00. The molecule has 8 heteroatoms. The third-order valence-corrected chi connectivity index (χ3v) is 5.29. The van der Waals surface area contributed by atoms with E-state index in [1.165, 1.54) is 0 Å². The van der Waals surface area contributed by atoms with Gasteiger partial charge in [-0.3, -0.25) is 4.79 Å². The number of amides is 1. The van der Waals surface area contributed by atoms with Crippen LogP contribution < -0.4 is 14.2 Å². The summed E-state index contributed by atoms with van der Waals surface area (Å²) in [6, 6.07) is 14.9. The highest BCUT2D eigenvalue weighted by Crippen LogP contribution is 2.36. The maximum Gasteiger partial charge on any atom is 0.260 e. The number of benzene rings is 2.